The van der Waals surface area contributed by atoms with E-state index in [9.17, 15) is 67.0 Å². The number of ether oxygens (including phenoxy) is 3. The molecule has 0 bridgehead atoms. The van der Waals surface area contributed by atoms with E-state index in [-0.39, 0.29) is 0 Å². The Morgan fingerprint density at radius 1 is 0.743 bits per heavy atom. The number of aliphatic hydroxyl groups is 1. The zero-order valence-corrected chi connectivity index (χ0v) is 18.1. The zero-order chi connectivity index (χ0) is 28.3. The Hall–Kier alpha value is -1.56. The van der Waals surface area contributed by atoms with E-state index in [0.29, 0.717) is 6.92 Å². The summed E-state index contributed by atoms with van der Waals surface area (Å²) in [5, 5.41) is 10.1. The average molecular weight is 552 g/mol. The fraction of sp³-hybridized carbons (Fsp3) is 0.941. The molecule has 35 heavy (non-hydrogen) atoms. The molecule has 0 aromatic carbocycles. The summed E-state index contributed by atoms with van der Waals surface area (Å²) in [6.45, 7) is 0.711. The van der Waals surface area contributed by atoms with Gasteiger partial charge in [-0.3, -0.25) is 4.79 Å². The maximum atomic E-state index is 14.7. The van der Waals surface area contributed by atoms with Gasteiger partial charge in [-0.15, -0.1) is 0 Å². The molecule has 0 saturated heterocycles. The predicted octanol–water partition coefficient (Wildman–Crippen LogP) is 5.05. The smallest absolute Gasteiger partial charge is 0.460 e. The van der Waals surface area contributed by atoms with Crippen molar-refractivity contribution in [2.24, 2.45) is 5.92 Å². The summed E-state index contributed by atoms with van der Waals surface area (Å²) in [5.74, 6) is -43.2. The van der Waals surface area contributed by atoms with Crippen molar-refractivity contribution in [3.05, 3.63) is 0 Å². The Balaban J connectivity index is 6.69. The second-order valence-electron chi connectivity index (χ2n) is 6.92. The van der Waals surface area contributed by atoms with Crippen LogP contribution in [0.15, 0.2) is 0 Å². The highest BCUT2D eigenvalue weighted by atomic mass is 19.4. The molecule has 0 radical (unpaired) electrons. The lowest BCUT2D eigenvalue weighted by Gasteiger charge is -2.43. The van der Waals surface area contributed by atoms with E-state index in [4.69, 9.17) is 0 Å². The molecular weight excluding hydrogens is 531 g/mol. The van der Waals surface area contributed by atoms with Crippen molar-refractivity contribution in [2.75, 3.05) is 19.8 Å². The monoisotopic (exact) mass is 552 g/mol. The number of hydrogen-bond donors (Lipinski definition) is 1. The summed E-state index contributed by atoms with van der Waals surface area (Å²) >= 11 is 0. The number of rotatable bonds is 14. The SMILES string of the molecule is CCOC(OCC)C(O)C(CCOC(C)=O)C(F)(F)C(F)(F)C(F)(F)C(F)(F)C(F)(F)C(F)(F)F. The number of hydrogen-bond acceptors (Lipinski definition) is 5. The Kier molecular flexibility index (Phi) is 10.7. The molecule has 0 fully saturated rings. The average Bonchev–Trinajstić information content (AvgIpc) is 2.68. The fourth-order valence-electron chi connectivity index (χ4n) is 2.67. The lowest BCUT2D eigenvalue weighted by atomic mass is 9.82. The molecule has 5 nitrogen and oxygen atoms in total. The largest absolute Gasteiger partial charge is 0.466 e. The molecule has 2 atom stereocenters. The van der Waals surface area contributed by atoms with E-state index in [1.807, 2.05) is 0 Å². The second-order valence-corrected chi connectivity index (χ2v) is 6.92. The van der Waals surface area contributed by atoms with Gasteiger partial charge in [-0.1, -0.05) is 0 Å². The third-order valence-corrected chi connectivity index (χ3v) is 4.51. The quantitative estimate of drug-likeness (QED) is 0.186. The molecule has 210 valence electrons. The van der Waals surface area contributed by atoms with Crippen molar-refractivity contribution in [2.45, 2.75) is 75.4 Å². The first kappa shape index (κ1) is 33.4. The molecule has 18 heteroatoms. The molecule has 0 aliphatic rings. The lowest BCUT2D eigenvalue weighted by Crippen LogP contribution is -2.71. The topological polar surface area (TPSA) is 65.0 Å². The van der Waals surface area contributed by atoms with Crippen LogP contribution >= 0.6 is 0 Å². The summed E-state index contributed by atoms with van der Waals surface area (Å²) in [4.78, 5) is 10.8. The normalized spacial score (nSPS) is 16.4. The number of alkyl halides is 13. The van der Waals surface area contributed by atoms with Gasteiger partial charge in [0.25, 0.3) is 0 Å². The molecule has 0 rings (SSSR count). The molecule has 0 spiro atoms. The first-order valence-corrected chi connectivity index (χ1v) is 9.49. The van der Waals surface area contributed by atoms with Gasteiger partial charge in [0.05, 0.1) is 12.5 Å². The summed E-state index contributed by atoms with van der Waals surface area (Å²) in [6.07, 6.45) is -14.6. The van der Waals surface area contributed by atoms with E-state index in [1.165, 1.54) is 0 Å². The summed E-state index contributed by atoms with van der Waals surface area (Å²) in [6, 6.07) is 0. The van der Waals surface area contributed by atoms with Crippen LogP contribution in [0.25, 0.3) is 0 Å². The molecule has 0 aromatic rings. The van der Waals surface area contributed by atoms with Gasteiger partial charge < -0.3 is 19.3 Å². The van der Waals surface area contributed by atoms with Crippen LogP contribution in [0.2, 0.25) is 0 Å². The van der Waals surface area contributed by atoms with E-state index in [2.05, 4.69) is 14.2 Å². The highest BCUT2D eigenvalue weighted by Crippen LogP contribution is 2.61. The van der Waals surface area contributed by atoms with Gasteiger partial charge in [-0.2, -0.15) is 57.1 Å². The first-order chi connectivity index (χ1) is 15.5. The van der Waals surface area contributed by atoms with Gasteiger partial charge in [-0.25, -0.2) is 0 Å². The van der Waals surface area contributed by atoms with E-state index in [0.717, 1.165) is 13.8 Å². The third kappa shape index (κ3) is 6.23. The fourth-order valence-corrected chi connectivity index (χ4v) is 2.67. The van der Waals surface area contributed by atoms with Crippen LogP contribution in [0.3, 0.4) is 0 Å². The Bertz CT molecular complexity index is 690. The van der Waals surface area contributed by atoms with Crippen molar-refractivity contribution in [1.82, 2.24) is 0 Å². The molecule has 0 aliphatic carbocycles. The van der Waals surface area contributed by atoms with Gasteiger partial charge in [0.15, 0.2) is 6.29 Å². The Morgan fingerprint density at radius 2 is 1.14 bits per heavy atom. The molecule has 0 saturated carbocycles. The summed E-state index contributed by atoms with van der Waals surface area (Å²) in [7, 11) is 0. The molecule has 0 aliphatic heterocycles. The van der Waals surface area contributed by atoms with Gasteiger partial charge >= 0.3 is 41.8 Å². The summed E-state index contributed by atoms with van der Waals surface area (Å²) in [5.41, 5.74) is 0. The van der Waals surface area contributed by atoms with Crippen LogP contribution < -0.4 is 0 Å². The van der Waals surface area contributed by atoms with Crippen molar-refractivity contribution in [1.29, 1.82) is 0 Å². The van der Waals surface area contributed by atoms with Crippen LogP contribution in [0.4, 0.5) is 57.1 Å². The number of esters is 1. The van der Waals surface area contributed by atoms with Gasteiger partial charge in [0, 0.05) is 20.1 Å². The van der Waals surface area contributed by atoms with Crippen molar-refractivity contribution >= 4 is 5.97 Å². The van der Waals surface area contributed by atoms with E-state index < -0.39 is 86.3 Å². The number of halogens is 13. The number of carbonyl (C=O) groups is 1. The standard InChI is InChI=1S/C17H21F13O5/c1-4-33-11(34-5-2)10(32)9(6-7-35-8(3)31)12(18,19)13(20,21)14(22,23)15(24,25)16(26,27)17(28,29)30/h9-11,32H,4-7H2,1-3H3. The molecule has 1 N–H and O–H groups in total. The summed E-state index contributed by atoms with van der Waals surface area (Å²) < 4.78 is 189. The highest BCUT2D eigenvalue weighted by molar-refractivity contribution is 5.65. The van der Waals surface area contributed by atoms with Crippen LogP contribution in [-0.4, -0.2) is 79.1 Å². The molecular formula is C17H21F13O5. The van der Waals surface area contributed by atoms with Crippen molar-refractivity contribution < 1.29 is 81.2 Å². The third-order valence-electron chi connectivity index (χ3n) is 4.51. The number of aliphatic hydroxyl groups excluding tert-OH is 1. The van der Waals surface area contributed by atoms with Gasteiger partial charge in [-0.05, 0) is 20.3 Å². The van der Waals surface area contributed by atoms with Crippen LogP contribution in [0.1, 0.15) is 27.2 Å². The van der Waals surface area contributed by atoms with Crippen LogP contribution in [0.5, 0.6) is 0 Å². The minimum Gasteiger partial charge on any atom is -0.466 e. The first-order valence-electron chi connectivity index (χ1n) is 9.49. The van der Waals surface area contributed by atoms with Gasteiger partial charge in [0.2, 0.25) is 0 Å². The van der Waals surface area contributed by atoms with E-state index in [1.54, 1.807) is 0 Å². The van der Waals surface area contributed by atoms with Crippen LogP contribution in [-0.2, 0) is 19.0 Å². The molecule has 0 aromatic heterocycles. The highest BCUT2D eigenvalue weighted by Gasteiger charge is 2.91. The minimum absolute atomic E-state index is 0.480. The van der Waals surface area contributed by atoms with Gasteiger partial charge in [0.1, 0.15) is 6.10 Å². The molecule has 2 unspecified atom stereocenters. The minimum atomic E-state index is -8.09. The second kappa shape index (κ2) is 11.2. The van der Waals surface area contributed by atoms with Crippen LogP contribution in [0, 0.1) is 5.92 Å². The molecule has 0 heterocycles. The molecule has 0 amide bonds. The van der Waals surface area contributed by atoms with E-state index >= 15 is 0 Å². The number of carbonyl (C=O) groups excluding carboxylic acids is 1. The zero-order valence-electron chi connectivity index (χ0n) is 18.1. The Labute approximate surface area is 189 Å². The predicted molar refractivity (Wildman–Crippen MR) is 88.6 cm³/mol. The van der Waals surface area contributed by atoms with Crippen molar-refractivity contribution in [3.63, 3.8) is 0 Å². The lowest BCUT2D eigenvalue weighted by molar-refractivity contribution is -0.445. The maximum Gasteiger partial charge on any atom is 0.460 e. The van der Waals surface area contributed by atoms with Crippen molar-refractivity contribution in [3.8, 4) is 0 Å². The maximum absolute atomic E-state index is 14.7. The Morgan fingerprint density at radius 3 is 1.49 bits per heavy atom.